The molecular weight excluding hydrogens is 593 g/mol. The van der Waals surface area contributed by atoms with E-state index in [4.69, 9.17) is 27.9 Å². The highest BCUT2D eigenvalue weighted by Crippen LogP contribution is 2.69. The maximum atomic E-state index is 13.9. The number of halogens is 3. The van der Waals surface area contributed by atoms with Crippen molar-refractivity contribution in [3.05, 3.63) is 105 Å². The number of alkyl halides is 2. The molecule has 1 aliphatic heterocycles. The molecule has 2 amide bonds. The number of hydrogen-bond donors (Lipinski definition) is 0. The summed E-state index contributed by atoms with van der Waals surface area (Å²) in [5, 5.41) is 0. The lowest BCUT2D eigenvalue weighted by atomic mass is 9.54. The van der Waals surface area contributed by atoms with Crippen molar-refractivity contribution < 1.29 is 23.9 Å². The first-order valence-electron chi connectivity index (χ1n) is 12.0. The number of Topliss-reactive ketones (excluding diaryl/α,β-unsaturated/α-hetero) is 1. The summed E-state index contributed by atoms with van der Waals surface area (Å²) in [6, 6.07) is 20.0. The lowest BCUT2D eigenvalue weighted by Crippen LogP contribution is -2.57. The average molecular weight is 613 g/mol. The molecule has 1 fully saturated rings. The zero-order valence-corrected chi connectivity index (χ0v) is 23.1. The Morgan fingerprint density at radius 3 is 1.68 bits per heavy atom. The van der Waals surface area contributed by atoms with E-state index in [1.807, 2.05) is 48.5 Å². The first-order valence-corrected chi connectivity index (χ1v) is 13.6. The number of imide groups is 1. The summed E-state index contributed by atoms with van der Waals surface area (Å²) in [4.78, 5) is 51.6. The van der Waals surface area contributed by atoms with Crippen molar-refractivity contribution in [1.82, 2.24) is 4.90 Å². The molecule has 4 aliphatic rings. The number of carbonyl (C=O) groups is 4. The van der Waals surface area contributed by atoms with Gasteiger partial charge in [0.25, 0.3) is 0 Å². The van der Waals surface area contributed by atoms with E-state index in [0.717, 1.165) is 9.37 Å². The van der Waals surface area contributed by atoms with E-state index in [0.29, 0.717) is 27.8 Å². The number of ether oxygens (including phenoxy) is 1. The molecule has 38 heavy (non-hydrogen) atoms. The van der Waals surface area contributed by atoms with E-state index < -0.39 is 57.8 Å². The zero-order chi connectivity index (χ0) is 27.0. The van der Waals surface area contributed by atoms with E-state index in [1.165, 1.54) is 6.92 Å². The molecule has 0 radical (unpaired) electrons. The fraction of sp³-hybridized carbons (Fsp3) is 0.241. The van der Waals surface area contributed by atoms with Crippen LogP contribution in [0.25, 0.3) is 0 Å². The highest BCUT2D eigenvalue weighted by Gasteiger charge is 2.73. The first kappa shape index (κ1) is 25.3. The Balaban J connectivity index is 1.33. The van der Waals surface area contributed by atoms with Crippen molar-refractivity contribution in [3.63, 3.8) is 0 Å². The molecule has 6 nitrogen and oxygen atoms in total. The molecular formula is C29H20BrCl2NO5. The number of benzene rings is 3. The van der Waals surface area contributed by atoms with E-state index in [2.05, 4.69) is 15.9 Å². The Hall–Kier alpha value is -3.00. The number of ketones is 1. The Labute approximate surface area is 237 Å². The maximum Gasteiger partial charge on any atom is 0.329 e. The van der Waals surface area contributed by atoms with E-state index in [1.54, 1.807) is 24.3 Å². The van der Waals surface area contributed by atoms with E-state index in [-0.39, 0.29) is 0 Å². The van der Waals surface area contributed by atoms with Gasteiger partial charge in [0.2, 0.25) is 11.8 Å². The Bertz CT molecular complexity index is 1420. The number of esters is 1. The largest absolute Gasteiger partial charge is 0.456 e. The van der Waals surface area contributed by atoms with Crippen LogP contribution < -0.4 is 0 Å². The van der Waals surface area contributed by atoms with Crippen LogP contribution in [0.4, 0.5) is 0 Å². The molecule has 3 atom stereocenters. The summed E-state index contributed by atoms with van der Waals surface area (Å²) < 4.78 is 6.05. The van der Waals surface area contributed by atoms with Crippen molar-refractivity contribution in [3.8, 4) is 0 Å². The topological polar surface area (TPSA) is 80.8 Å². The van der Waals surface area contributed by atoms with Crippen molar-refractivity contribution in [1.29, 1.82) is 0 Å². The van der Waals surface area contributed by atoms with Gasteiger partial charge in [-0.25, -0.2) is 4.79 Å². The van der Waals surface area contributed by atoms with Gasteiger partial charge in [-0.15, -0.1) is 23.2 Å². The second-order valence-electron chi connectivity index (χ2n) is 9.73. The molecule has 9 heteroatoms. The summed E-state index contributed by atoms with van der Waals surface area (Å²) in [7, 11) is 0. The maximum absolute atomic E-state index is 13.9. The van der Waals surface area contributed by atoms with Gasteiger partial charge in [-0.1, -0.05) is 76.6 Å². The van der Waals surface area contributed by atoms with Crippen LogP contribution in [-0.4, -0.2) is 41.1 Å². The Morgan fingerprint density at radius 1 is 0.842 bits per heavy atom. The average Bonchev–Trinajstić information content (AvgIpc) is 3.21. The number of nitrogens with zero attached hydrogens (tertiary/aromatic N) is 1. The van der Waals surface area contributed by atoms with Crippen LogP contribution in [-0.2, 0) is 28.9 Å². The zero-order valence-electron chi connectivity index (χ0n) is 20.0. The highest BCUT2D eigenvalue weighted by atomic mass is 79.9. The van der Waals surface area contributed by atoms with Crippen LogP contribution in [0.1, 0.15) is 39.5 Å². The number of carbonyl (C=O) groups excluding carboxylic acids is 4. The second kappa shape index (κ2) is 8.76. The molecule has 0 aromatic heterocycles. The number of likely N-dealkylation sites (tertiary alicyclic amines) is 1. The highest BCUT2D eigenvalue weighted by molar-refractivity contribution is 9.10. The third-order valence-electron chi connectivity index (χ3n) is 7.86. The van der Waals surface area contributed by atoms with Gasteiger partial charge in [-0.05, 0) is 41.3 Å². The molecule has 1 heterocycles. The summed E-state index contributed by atoms with van der Waals surface area (Å²) in [6.45, 7) is 0.882. The van der Waals surface area contributed by atoms with Crippen LogP contribution >= 0.6 is 39.1 Å². The van der Waals surface area contributed by atoms with Crippen LogP contribution in [0, 0.1) is 11.8 Å². The molecule has 3 aliphatic carbocycles. The predicted molar refractivity (Wildman–Crippen MR) is 144 cm³/mol. The van der Waals surface area contributed by atoms with Crippen LogP contribution in [0.2, 0.25) is 0 Å². The summed E-state index contributed by atoms with van der Waals surface area (Å²) in [5.74, 6) is -4.49. The standard InChI is InChI=1S/C29H20BrCl2NO5/c1-15(27(37)38-14-22(34)16-10-12-17(30)13-11-16)33-25(35)23-24(26(33)36)29(32)19-7-3-2-6-18(19)28(23,31)20-8-4-5-9-21(20)29/h2-13,15,23-24H,14H2,1H3/t15-,23-,24-,28?,29?/m1/s1. The molecule has 192 valence electrons. The molecule has 0 spiro atoms. The van der Waals surface area contributed by atoms with E-state index >= 15 is 0 Å². The number of amides is 2. The van der Waals surface area contributed by atoms with E-state index in [9.17, 15) is 19.2 Å². The van der Waals surface area contributed by atoms with Gasteiger partial charge in [0, 0.05) is 10.0 Å². The molecule has 0 saturated carbocycles. The normalized spacial score (nSPS) is 27.4. The van der Waals surface area contributed by atoms with Gasteiger partial charge in [0.15, 0.2) is 12.4 Å². The third-order valence-corrected chi connectivity index (χ3v) is 9.67. The minimum absolute atomic E-state index is 0.369. The summed E-state index contributed by atoms with van der Waals surface area (Å²) in [5.41, 5.74) is 3.07. The SMILES string of the molecule is C[C@H](C(=O)OCC(=O)c1ccc(Br)cc1)N1C(=O)[C@H]2[C@H](C1=O)C1(Cl)c3ccccc3C2(Cl)c2ccccc21. The van der Waals surface area contributed by atoms with Crippen LogP contribution in [0.15, 0.2) is 77.3 Å². The van der Waals surface area contributed by atoms with Gasteiger partial charge in [-0.3, -0.25) is 19.3 Å². The predicted octanol–water partition coefficient (Wildman–Crippen LogP) is 5.16. The van der Waals surface area contributed by atoms with Gasteiger partial charge in [0.05, 0.1) is 11.8 Å². The molecule has 0 N–H and O–H groups in total. The van der Waals surface area contributed by atoms with Crippen molar-refractivity contribution >= 4 is 62.7 Å². The quantitative estimate of drug-likeness (QED) is 0.172. The fourth-order valence-corrected chi connectivity index (χ4v) is 7.51. The second-order valence-corrected chi connectivity index (χ2v) is 11.8. The van der Waals surface area contributed by atoms with Gasteiger partial charge in [0.1, 0.15) is 15.8 Å². The minimum Gasteiger partial charge on any atom is -0.456 e. The Morgan fingerprint density at radius 2 is 1.26 bits per heavy atom. The van der Waals surface area contributed by atoms with Gasteiger partial charge < -0.3 is 4.74 Å². The smallest absolute Gasteiger partial charge is 0.329 e. The number of rotatable bonds is 5. The van der Waals surface area contributed by atoms with Crippen LogP contribution in [0.3, 0.4) is 0 Å². The molecule has 3 aromatic carbocycles. The van der Waals surface area contributed by atoms with Crippen molar-refractivity contribution in [2.24, 2.45) is 11.8 Å². The molecule has 1 saturated heterocycles. The molecule has 0 unspecified atom stereocenters. The molecule has 2 bridgehead atoms. The summed E-state index contributed by atoms with van der Waals surface area (Å²) in [6.07, 6.45) is 0. The van der Waals surface area contributed by atoms with Gasteiger partial charge >= 0.3 is 5.97 Å². The minimum atomic E-state index is -1.34. The first-order chi connectivity index (χ1) is 18.1. The molecule has 3 aromatic rings. The third kappa shape index (κ3) is 3.25. The lowest BCUT2D eigenvalue weighted by molar-refractivity contribution is -0.157. The Kier molecular flexibility index (Phi) is 5.83. The lowest BCUT2D eigenvalue weighted by Gasteiger charge is -2.54. The van der Waals surface area contributed by atoms with Crippen molar-refractivity contribution in [2.45, 2.75) is 22.7 Å². The van der Waals surface area contributed by atoms with Crippen molar-refractivity contribution in [2.75, 3.05) is 6.61 Å². The molecule has 7 rings (SSSR count). The van der Waals surface area contributed by atoms with Gasteiger partial charge in [-0.2, -0.15) is 0 Å². The summed E-state index contributed by atoms with van der Waals surface area (Å²) >= 11 is 18.1. The fourth-order valence-electron chi connectivity index (χ4n) is 6.15. The number of hydrogen-bond acceptors (Lipinski definition) is 5. The van der Waals surface area contributed by atoms with Crippen LogP contribution in [0.5, 0.6) is 0 Å². The monoisotopic (exact) mass is 611 g/mol.